The van der Waals surface area contributed by atoms with E-state index in [9.17, 15) is 19.0 Å². The topological polar surface area (TPSA) is 111 Å². The van der Waals surface area contributed by atoms with E-state index < -0.39 is 20.0 Å². The predicted molar refractivity (Wildman–Crippen MR) is 295 cm³/mol. The lowest BCUT2D eigenvalue weighted by Gasteiger charge is -2.27. The minimum Gasteiger partial charge on any atom is -0.456 e. The third-order valence-corrected chi connectivity index (χ3v) is 12.8. The number of amides is 1. The van der Waals surface area contributed by atoms with Crippen molar-refractivity contribution in [3.8, 4) is 0 Å². The molecule has 0 aliphatic carbocycles. The molecule has 69 heavy (non-hydrogen) atoms. The summed E-state index contributed by atoms with van der Waals surface area (Å²) in [5.74, 6) is -0.611. The van der Waals surface area contributed by atoms with E-state index in [1.165, 1.54) is 103 Å². The molecule has 1 amide bonds. The Morgan fingerprint density at radius 3 is 1.43 bits per heavy atom. The summed E-state index contributed by atoms with van der Waals surface area (Å²) in [6.07, 6.45) is 63.1. The molecule has 0 spiro atoms. The van der Waals surface area contributed by atoms with Crippen LogP contribution in [-0.2, 0) is 27.9 Å². The van der Waals surface area contributed by atoms with Gasteiger partial charge in [-0.15, -0.1) is 0 Å². The molecule has 0 aromatic carbocycles. The third kappa shape index (κ3) is 49.9. The number of phosphoric ester groups is 1. The van der Waals surface area contributed by atoms with Crippen molar-refractivity contribution in [1.82, 2.24) is 5.32 Å². The summed E-state index contributed by atoms with van der Waals surface area (Å²) in [6, 6.07) is -0.892. The molecule has 3 unspecified atom stereocenters. The number of nitrogens with one attached hydrogen (secondary N) is 1. The average Bonchev–Trinajstić information content (AvgIpc) is 3.31. The SMILES string of the molecule is CC/C=C/C/C=C/C/C=C/C/C=C/C/C=C/CCC(=O)NC(COP(=O)(O)OCC[N+](C)(C)C)C(/C=C/CCCCCCCCCCCC)OC(=O)CCCCCCCCC/C=C\CCCCCC. The zero-order valence-corrected chi connectivity index (χ0v) is 46.2. The number of rotatable bonds is 49. The van der Waals surface area contributed by atoms with Crippen LogP contribution in [0.4, 0.5) is 0 Å². The van der Waals surface area contributed by atoms with Crippen LogP contribution in [0.2, 0.25) is 0 Å². The summed E-state index contributed by atoms with van der Waals surface area (Å²) in [5.41, 5.74) is 0. The number of hydrogen-bond acceptors (Lipinski definition) is 6. The Hall–Kier alpha value is -2.81. The number of carbonyl (C=O) groups excluding carboxylic acids is 2. The van der Waals surface area contributed by atoms with Gasteiger partial charge in [-0.1, -0.05) is 209 Å². The summed E-state index contributed by atoms with van der Waals surface area (Å²) in [6.45, 7) is 6.81. The van der Waals surface area contributed by atoms with Crippen LogP contribution in [0.1, 0.15) is 226 Å². The highest BCUT2D eigenvalue weighted by atomic mass is 31.2. The van der Waals surface area contributed by atoms with E-state index in [4.69, 9.17) is 13.8 Å². The lowest BCUT2D eigenvalue weighted by molar-refractivity contribution is -0.870. The number of carbonyl (C=O) groups is 2. The van der Waals surface area contributed by atoms with Crippen molar-refractivity contribution in [2.24, 2.45) is 0 Å². The highest BCUT2D eigenvalue weighted by Gasteiger charge is 2.30. The van der Waals surface area contributed by atoms with Crippen molar-refractivity contribution >= 4 is 19.7 Å². The Kier molecular flexibility index (Phi) is 46.8. The second-order valence-electron chi connectivity index (χ2n) is 19.7. The van der Waals surface area contributed by atoms with Gasteiger partial charge >= 0.3 is 13.8 Å². The molecule has 10 heteroatoms. The van der Waals surface area contributed by atoms with Crippen LogP contribution in [0.25, 0.3) is 0 Å². The normalized spacial score (nSPS) is 14.5. The van der Waals surface area contributed by atoms with E-state index >= 15 is 0 Å². The van der Waals surface area contributed by atoms with Crippen molar-refractivity contribution in [2.45, 2.75) is 238 Å². The fraction of sp³-hybridized carbons (Fsp3) is 0.729. The van der Waals surface area contributed by atoms with Gasteiger partial charge in [-0.05, 0) is 89.5 Å². The van der Waals surface area contributed by atoms with Gasteiger partial charge in [0.25, 0.3) is 0 Å². The van der Waals surface area contributed by atoms with Gasteiger partial charge in [0, 0.05) is 12.8 Å². The molecule has 3 atom stereocenters. The van der Waals surface area contributed by atoms with Gasteiger partial charge in [0.05, 0.1) is 33.8 Å². The smallest absolute Gasteiger partial charge is 0.456 e. The van der Waals surface area contributed by atoms with Gasteiger partial charge in [0.2, 0.25) is 5.91 Å². The van der Waals surface area contributed by atoms with Crippen LogP contribution >= 0.6 is 7.82 Å². The van der Waals surface area contributed by atoms with Crippen molar-refractivity contribution in [1.29, 1.82) is 0 Å². The monoisotopic (exact) mass is 986 g/mol. The molecular weight excluding hydrogens is 880 g/mol. The van der Waals surface area contributed by atoms with Gasteiger partial charge in [-0.3, -0.25) is 18.6 Å². The van der Waals surface area contributed by atoms with Crippen molar-refractivity contribution in [2.75, 3.05) is 40.9 Å². The highest BCUT2D eigenvalue weighted by molar-refractivity contribution is 7.47. The number of hydrogen-bond donors (Lipinski definition) is 2. The maximum absolute atomic E-state index is 13.4. The number of phosphoric acid groups is 1. The fourth-order valence-electron chi connectivity index (χ4n) is 7.51. The van der Waals surface area contributed by atoms with E-state index in [1.807, 2.05) is 45.4 Å². The van der Waals surface area contributed by atoms with E-state index in [2.05, 4.69) is 86.8 Å². The van der Waals surface area contributed by atoms with Crippen molar-refractivity contribution < 1.29 is 37.3 Å². The fourth-order valence-corrected chi connectivity index (χ4v) is 8.24. The summed E-state index contributed by atoms with van der Waals surface area (Å²) in [4.78, 5) is 37.5. The number of ether oxygens (including phenoxy) is 1. The van der Waals surface area contributed by atoms with E-state index in [0.29, 0.717) is 17.4 Å². The Bertz CT molecular complexity index is 1460. The van der Waals surface area contributed by atoms with Crippen molar-refractivity contribution in [3.63, 3.8) is 0 Å². The van der Waals surface area contributed by atoms with Gasteiger partial charge in [0.15, 0.2) is 0 Å². The van der Waals surface area contributed by atoms with Gasteiger partial charge < -0.3 is 19.4 Å². The molecule has 0 aromatic rings. The minimum atomic E-state index is -4.47. The molecule has 0 aromatic heterocycles. The van der Waals surface area contributed by atoms with Crippen LogP contribution in [0.15, 0.2) is 85.1 Å². The molecule has 0 saturated carbocycles. The van der Waals surface area contributed by atoms with Crippen molar-refractivity contribution in [3.05, 3.63) is 85.1 Å². The summed E-state index contributed by atoms with van der Waals surface area (Å²) in [5, 5.41) is 2.99. The standard InChI is InChI=1S/C59H105N2O7P/c1-7-10-13-16-19-22-25-28-30-32-33-36-39-42-45-48-51-58(62)60-56(55-67-69(64,65)66-54-53-61(4,5)6)57(50-47-44-41-38-35-27-24-21-18-15-12-9-3)68-59(63)52-49-46-43-40-37-34-31-29-26-23-20-17-14-11-8-2/h10,13,19,22-23,26,28,30,33,36,42,45,47,50,56-57H,7-9,11-12,14-18,20-21,24-25,27,29,31-32,34-35,37-41,43-44,46,48-49,51-55H2,1-6H3,(H-,60,62,64,65)/p+1/b13-10+,22-19+,26-23-,30-28+,36-33+,45-42+,50-47+. The first-order chi connectivity index (χ1) is 33.4. The van der Waals surface area contributed by atoms with Crippen LogP contribution in [-0.4, -0.2) is 74.3 Å². The molecule has 0 rings (SSSR count). The van der Waals surface area contributed by atoms with E-state index in [1.54, 1.807) is 0 Å². The molecular formula is C59H106N2O7P+. The van der Waals surface area contributed by atoms with Gasteiger partial charge in [-0.25, -0.2) is 4.57 Å². The second kappa shape index (κ2) is 48.8. The predicted octanol–water partition coefficient (Wildman–Crippen LogP) is 16.7. The largest absolute Gasteiger partial charge is 0.472 e. The molecule has 2 N–H and O–H groups in total. The average molecular weight is 986 g/mol. The molecule has 398 valence electrons. The third-order valence-electron chi connectivity index (χ3n) is 11.8. The number of nitrogens with zero attached hydrogens (tertiary/aromatic N) is 1. The molecule has 0 radical (unpaired) electrons. The Labute approximate surface area is 425 Å². The maximum Gasteiger partial charge on any atom is 0.472 e. The summed E-state index contributed by atoms with van der Waals surface area (Å²) in [7, 11) is 1.44. The molecule has 9 nitrogen and oxygen atoms in total. The highest BCUT2D eigenvalue weighted by Crippen LogP contribution is 2.43. The van der Waals surface area contributed by atoms with Gasteiger partial charge in [0.1, 0.15) is 19.3 Å². The number of allylic oxidation sites excluding steroid dienone is 13. The quantitative estimate of drug-likeness (QED) is 0.0205. The Balaban J connectivity index is 5.50. The van der Waals surface area contributed by atoms with Crippen LogP contribution in [0.3, 0.4) is 0 Å². The first-order valence-electron chi connectivity index (χ1n) is 27.9. The number of unbranched alkanes of at least 4 members (excludes halogenated alkanes) is 21. The molecule has 0 heterocycles. The lowest BCUT2D eigenvalue weighted by atomic mass is 10.1. The lowest BCUT2D eigenvalue weighted by Crippen LogP contribution is -2.47. The Morgan fingerprint density at radius 1 is 0.522 bits per heavy atom. The zero-order valence-electron chi connectivity index (χ0n) is 45.3. The minimum absolute atomic E-state index is 0.0231. The first-order valence-corrected chi connectivity index (χ1v) is 29.4. The maximum atomic E-state index is 13.4. The summed E-state index contributed by atoms with van der Waals surface area (Å²) < 4.78 is 30.5. The number of likely N-dealkylation sites (N-methyl/N-ethyl adjacent to an activating group) is 1. The van der Waals surface area contributed by atoms with E-state index in [0.717, 1.165) is 83.5 Å². The van der Waals surface area contributed by atoms with Gasteiger partial charge in [-0.2, -0.15) is 0 Å². The Morgan fingerprint density at radius 2 is 0.942 bits per heavy atom. The van der Waals surface area contributed by atoms with Crippen LogP contribution in [0, 0.1) is 0 Å². The molecule has 0 aliphatic rings. The number of esters is 1. The first kappa shape index (κ1) is 66.2. The zero-order chi connectivity index (χ0) is 50.8. The van der Waals surface area contributed by atoms with Crippen LogP contribution in [0.5, 0.6) is 0 Å². The van der Waals surface area contributed by atoms with Crippen LogP contribution < -0.4 is 5.32 Å². The molecule has 0 bridgehead atoms. The second-order valence-corrected chi connectivity index (χ2v) is 21.2. The van der Waals surface area contributed by atoms with E-state index in [-0.39, 0.29) is 37.9 Å². The molecule has 0 aliphatic heterocycles. The molecule has 0 saturated heterocycles. The molecule has 0 fully saturated rings. The summed E-state index contributed by atoms with van der Waals surface area (Å²) >= 11 is 0. The number of quaternary nitrogens is 1.